The highest BCUT2D eigenvalue weighted by Crippen LogP contribution is 2.25. The number of H-pyrrole nitrogens is 1. The summed E-state index contributed by atoms with van der Waals surface area (Å²) in [6.45, 7) is 3.45. The Labute approximate surface area is 174 Å². The van der Waals surface area contributed by atoms with Gasteiger partial charge < -0.3 is 24.5 Å². The smallest absolute Gasteiger partial charge is 0.338 e. The maximum Gasteiger partial charge on any atom is 0.338 e. The third-order valence-electron chi connectivity index (χ3n) is 4.49. The van der Waals surface area contributed by atoms with Crippen molar-refractivity contribution in [2.45, 2.75) is 13.8 Å². The number of aromatic amines is 1. The largest absolute Gasteiger partial charge is 0.497 e. The summed E-state index contributed by atoms with van der Waals surface area (Å²) in [5.41, 5.74) is 3.59. The summed E-state index contributed by atoms with van der Waals surface area (Å²) < 4.78 is 15.4. The highest BCUT2D eigenvalue weighted by atomic mass is 16.5. The zero-order chi connectivity index (χ0) is 21.7. The topological polar surface area (TPSA) is 103 Å². The molecule has 0 spiro atoms. The Hall–Kier alpha value is -3.81. The van der Waals surface area contributed by atoms with Gasteiger partial charge in [0.25, 0.3) is 5.91 Å². The van der Waals surface area contributed by atoms with E-state index < -0.39 is 18.5 Å². The molecule has 0 unspecified atom stereocenters. The second-order valence-corrected chi connectivity index (χ2v) is 6.60. The van der Waals surface area contributed by atoms with Crippen molar-refractivity contribution in [2.24, 2.45) is 0 Å². The molecule has 2 N–H and O–H groups in total. The van der Waals surface area contributed by atoms with Crippen LogP contribution < -0.4 is 14.8 Å². The van der Waals surface area contributed by atoms with Gasteiger partial charge in [0.2, 0.25) is 0 Å². The number of nitrogens with one attached hydrogen (secondary N) is 2. The molecule has 156 valence electrons. The molecule has 8 heteroatoms. The number of ether oxygens (including phenoxy) is 3. The van der Waals surface area contributed by atoms with Gasteiger partial charge in [0.15, 0.2) is 6.61 Å². The molecule has 2 aromatic carbocycles. The molecule has 0 aliphatic rings. The third-order valence-corrected chi connectivity index (χ3v) is 4.49. The summed E-state index contributed by atoms with van der Waals surface area (Å²) in [5, 5.41) is 2.65. The number of rotatable bonds is 7. The number of imidazole rings is 1. The first-order valence-corrected chi connectivity index (χ1v) is 9.23. The van der Waals surface area contributed by atoms with E-state index in [0.717, 1.165) is 22.8 Å². The summed E-state index contributed by atoms with van der Waals surface area (Å²) >= 11 is 0. The first kappa shape index (κ1) is 20.9. The molecular weight excluding hydrogens is 386 g/mol. The highest BCUT2D eigenvalue weighted by Gasteiger charge is 2.13. The second kappa shape index (κ2) is 9.13. The fourth-order valence-corrected chi connectivity index (χ4v) is 2.74. The summed E-state index contributed by atoms with van der Waals surface area (Å²) in [7, 11) is 3.03. The van der Waals surface area contributed by atoms with Crippen LogP contribution in [-0.4, -0.2) is 42.7 Å². The summed E-state index contributed by atoms with van der Waals surface area (Å²) in [6, 6.07) is 11.8. The average molecular weight is 409 g/mol. The fraction of sp³-hybridized carbons (Fsp3) is 0.227. The van der Waals surface area contributed by atoms with Gasteiger partial charge in [-0.3, -0.25) is 4.79 Å². The van der Waals surface area contributed by atoms with Crippen molar-refractivity contribution in [1.29, 1.82) is 0 Å². The Morgan fingerprint density at radius 2 is 1.63 bits per heavy atom. The number of aromatic nitrogens is 2. The fourth-order valence-electron chi connectivity index (χ4n) is 2.74. The van der Waals surface area contributed by atoms with Crippen molar-refractivity contribution in [3.05, 3.63) is 59.4 Å². The van der Waals surface area contributed by atoms with E-state index in [0.29, 0.717) is 22.7 Å². The number of aryl methyl sites for hydroxylation is 2. The molecule has 1 aromatic heterocycles. The molecule has 0 bridgehead atoms. The van der Waals surface area contributed by atoms with Gasteiger partial charge in [-0.2, -0.15) is 0 Å². The minimum atomic E-state index is -0.591. The van der Waals surface area contributed by atoms with E-state index in [9.17, 15) is 9.59 Å². The third kappa shape index (κ3) is 4.96. The Kier molecular flexibility index (Phi) is 6.36. The van der Waals surface area contributed by atoms with E-state index in [4.69, 9.17) is 14.2 Å². The number of anilines is 1. The number of carbonyl (C=O) groups excluding carboxylic acids is 2. The molecule has 3 aromatic rings. The molecule has 1 heterocycles. The highest BCUT2D eigenvalue weighted by molar-refractivity contribution is 5.95. The van der Waals surface area contributed by atoms with Crippen molar-refractivity contribution in [1.82, 2.24) is 9.97 Å². The molecule has 30 heavy (non-hydrogen) atoms. The van der Waals surface area contributed by atoms with Crippen LogP contribution in [0, 0.1) is 13.8 Å². The van der Waals surface area contributed by atoms with Gasteiger partial charge in [0.05, 0.1) is 25.5 Å². The molecule has 0 radical (unpaired) electrons. The van der Waals surface area contributed by atoms with Crippen molar-refractivity contribution in [2.75, 3.05) is 26.1 Å². The lowest BCUT2D eigenvalue weighted by molar-refractivity contribution is -0.119. The van der Waals surface area contributed by atoms with Crippen LogP contribution in [0.3, 0.4) is 0 Å². The Morgan fingerprint density at radius 1 is 1.00 bits per heavy atom. The number of amides is 1. The lowest BCUT2D eigenvalue weighted by Crippen LogP contribution is -2.21. The number of benzene rings is 2. The molecule has 0 aliphatic heterocycles. The van der Waals surface area contributed by atoms with Crippen LogP contribution in [0.1, 0.15) is 21.7 Å². The molecule has 8 nitrogen and oxygen atoms in total. The Balaban J connectivity index is 1.58. The van der Waals surface area contributed by atoms with E-state index in [-0.39, 0.29) is 0 Å². The normalized spacial score (nSPS) is 10.4. The van der Waals surface area contributed by atoms with Gasteiger partial charge in [0.1, 0.15) is 17.3 Å². The molecule has 0 saturated heterocycles. The Morgan fingerprint density at radius 3 is 2.17 bits per heavy atom. The second-order valence-electron chi connectivity index (χ2n) is 6.60. The molecule has 3 rings (SSSR count). The van der Waals surface area contributed by atoms with Gasteiger partial charge in [-0.05, 0) is 26.0 Å². The van der Waals surface area contributed by atoms with E-state index in [1.165, 1.54) is 14.2 Å². The number of hydrogen-bond donors (Lipinski definition) is 2. The van der Waals surface area contributed by atoms with E-state index >= 15 is 0 Å². The SMILES string of the molecule is COc1cc(NC(=O)COC(=O)c2ccc(-c3nc(C)c(C)[nH]3)cc2)cc(OC)c1. The number of nitrogens with zero attached hydrogens (tertiary/aromatic N) is 1. The van der Waals surface area contributed by atoms with Gasteiger partial charge in [-0.15, -0.1) is 0 Å². The molecule has 0 fully saturated rings. The van der Waals surface area contributed by atoms with Crippen LogP contribution in [0.2, 0.25) is 0 Å². The molecular formula is C22H23N3O5. The Bertz CT molecular complexity index is 1020. The number of esters is 1. The zero-order valence-electron chi connectivity index (χ0n) is 17.2. The summed E-state index contributed by atoms with van der Waals surface area (Å²) in [6.07, 6.45) is 0. The average Bonchev–Trinajstić information content (AvgIpc) is 3.10. The van der Waals surface area contributed by atoms with Crippen molar-refractivity contribution in [3.8, 4) is 22.9 Å². The van der Waals surface area contributed by atoms with E-state index in [1.54, 1.807) is 42.5 Å². The lowest BCUT2D eigenvalue weighted by Gasteiger charge is -2.10. The first-order valence-electron chi connectivity index (χ1n) is 9.23. The molecule has 0 atom stereocenters. The maximum atomic E-state index is 12.2. The van der Waals surface area contributed by atoms with Crippen LogP contribution in [0.15, 0.2) is 42.5 Å². The minimum absolute atomic E-state index is 0.342. The van der Waals surface area contributed by atoms with E-state index in [2.05, 4.69) is 15.3 Å². The first-order chi connectivity index (χ1) is 14.4. The van der Waals surface area contributed by atoms with Gasteiger partial charge in [-0.1, -0.05) is 12.1 Å². The molecule has 0 saturated carbocycles. The number of carbonyl (C=O) groups is 2. The van der Waals surface area contributed by atoms with E-state index in [1.807, 2.05) is 13.8 Å². The number of methoxy groups -OCH3 is 2. The van der Waals surface area contributed by atoms with Crippen molar-refractivity contribution >= 4 is 17.6 Å². The predicted octanol–water partition coefficient (Wildman–Crippen LogP) is 3.51. The minimum Gasteiger partial charge on any atom is -0.497 e. The monoisotopic (exact) mass is 409 g/mol. The van der Waals surface area contributed by atoms with Crippen LogP contribution in [-0.2, 0) is 9.53 Å². The number of hydrogen-bond acceptors (Lipinski definition) is 6. The lowest BCUT2D eigenvalue weighted by atomic mass is 10.1. The van der Waals surface area contributed by atoms with Crippen LogP contribution in [0.4, 0.5) is 5.69 Å². The van der Waals surface area contributed by atoms with Crippen molar-refractivity contribution < 1.29 is 23.8 Å². The van der Waals surface area contributed by atoms with Crippen LogP contribution >= 0.6 is 0 Å². The quantitative estimate of drug-likeness (QED) is 0.579. The van der Waals surface area contributed by atoms with Gasteiger partial charge in [-0.25, -0.2) is 9.78 Å². The van der Waals surface area contributed by atoms with Crippen LogP contribution in [0.25, 0.3) is 11.4 Å². The van der Waals surface area contributed by atoms with Crippen molar-refractivity contribution in [3.63, 3.8) is 0 Å². The predicted molar refractivity (Wildman–Crippen MR) is 112 cm³/mol. The summed E-state index contributed by atoms with van der Waals surface area (Å²) in [5.74, 6) is 0.730. The zero-order valence-corrected chi connectivity index (χ0v) is 17.2. The van der Waals surface area contributed by atoms with Gasteiger partial charge >= 0.3 is 5.97 Å². The van der Waals surface area contributed by atoms with Gasteiger partial charge in [0, 0.05) is 35.1 Å². The summed E-state index contributed by atoms with van der Waals surface area (Å²) in [4.78, 5) is 32.0. The van der Waals surface area contributed by atoms with Crippen LogP contribution in [0.5, 0.6) is 11.5 Å². The molecule has 0 aliphatic carbocycles. The maximum absolute atomic E-state index is 12.2. The molecule has 1 amide bonds. The standard InChI is InChI=1S/C22H23N3O5/c1-13-14(2)24-21(23-13)15-5-7-16(8-6-15)22(27)30-12-20(26)25-17-9-18(28-3)11-19(10-17)29-4/h5-11H,12H2,1-4H3,(H,23,24)(H,25,26).